The number of anilines is 1. The Kier molecular flexibility index (Phi) is 6.05. The number of benzene rings is 1. The summed E-state index contributed by atoms with van der Waals surface area (Å²) in [7, 11) is 1.25. The number of nitrogens with two attached hydrogens (primary N) is 1. The van der Waals surface area contributed by atoms with Gasteiger partial charge in [0.2, 0.25) is 0 Å². The number of carbonyl (C=O) groups is 2. The largest absolute Gasteiger partial charge is 0.468 e. The van der Waals surface area contributed by atoms with Crippen molar-refractivity contribution in [3.8, 4) is 0 Å². The van der Waals surface area contributed by atoms with E-state index in [1.54, 1.807) is 39.0 Å². The molecule has 0 radical (unpaired) electrons. The number of hydrogen-bond acceptors (Lipinski definition) is 5. The summed E-state index contributed by atoms with van der Waals surface area (Å²) >= 11 is 5.94. The number of carbonyl (C=O) groups excluding carboxylic acids is 2. The van der Waals surface area contributed by atoms with E-state index in [4.69, 9.17) is 22.1 Å². The standard InChI is InChI=1S/C15H21ClN2O4/c1-15(2,3)22-14(20)18(9-13(19)21-4)8-10-7-11(16)5-6-12(10)17/h5-7H,8-9,17H2,1-4H3. The minimum absolute atomic E-state index is 0.0937. The molecule has 0 saturated carbocycles. The summed E-state index contributed by atoms with van der Waals surface area (Å²) in [5.41, 5.74) is 6.30. The monoisotopic (exact) mass is 328 g/mol. The molecule has 0 aliphatic carbocycles. The van der Waals surface area contributed by atoms with Crippen molar-refractivity contribution in [3.63, 3.8) is 0 Å². The van der Waals surface area contributed by atoms with E-state index in [0.717, 1.165) is 0 Å². The molecule has 1 rings (SSSR count). The number of nitrogen functional groups attached to an aromatic ring is 1. The summed E-state index contributed by atoms with van der Waals surface area (Å²) in [5.74, 6) is -0.550. The number of rotatable bonds is 4. The number of halogens is 1. The molecule has 0 heterocycles. The zero-order chi connectivity index (χ0) is 16.9. The highest BCUT2D eigenvalue weighted by molar-refractivity contribution is 6.30. The number of methoxy groups -OCH3 is 1. The highest BCUT2D eigenvalue weighted by Gasteiger charge is 2.25. The summed E-state index contributed by atoms with van der Waals surface area (Å²) in [6, 6.07) is 4.94. The molecule has 1 aromatic carbocycles. The summed E-state index contributed by atoms with van der Waals surface area (Å²) in [6.45, 7) is 5.09. The van der Waals surface area contributed by atoms with Crippen LogP contribution in [0.25, 0.3) is 0 Å². The van der Waals surface area contributed by atoms with E-state index in [-0.39, 0.29) is 13.1 Å². The van der Waals surface area contributed by atoms with Gasteiger partial charge in [0.1, 0.15) is 12.1 Å². The van der Waals surface area contributed by atoms with Crippen molar-refractivity contribution in [2.75, 3.05) is 19.4 Å². The lowest BCUT2D eigenvalue weighted by atomic mass is 10.1. The summed E-state index contributed by atoms with van der Waals surface area (Å²) in [4.78, 5) is 25.0. The predicted octanol–water partition coefficient (Wildman–Crippen LogP) is 2.83. The first-order valence-corrected chi connectivity index (χ1v) is 7.09. The van der Waals surface area contributed by atoms with Crippen LogP contribution in [0.15, 0.2) is 18.2 Å². The normalized spacial score (nSPS) is 11.0. The fraction of sp³-hybridized carbons (Fsp3) is 0.467. The molecule has 0 fully saturated rings. The van der Waals surface area contributed by atoms with Crippen molar-refractivity contribution in [1.29, 1.82) is 0 Å². The quantitative estimate of drug-likeness (QED) is 0.679. The number of esters is 1. The lowest BCUT2D eigenvalue weighted by Gasteiger charge is -2.27. The first-order chi connectivity index (χ1) is 10.1. The van der Waals surface area contributed by atoms with Crippen LogP contribution in [0.4, 0.5) is 10.5 Å². The summed E-state index contributed by atoms with van der Waals surface area (Å²) in [6.07, 6.45) is -0.628. The van der Waals surface area contributed by atoms with Crippen LogP contribution in [-0.4, -0.2) is 36.2 Å². The van der Waals surface area contributed by atoms with E-state index in [1.165, 1.54) is 12.0 Å². The van der Waals surface area contributed by atoms with E-state index in [0.29, 0.717) is 16.3 Å². The highest BCUT2D eigenvalue weighted by Crippen LogP contribution is 2.21. The molecule has 1 aromatic rings. The van der Waals surface area contributed by atoms with Gasteiger partial charge >= 0.3 is 12.1 Å². The Balaban J connectivity index is 2.97. The molecule has 0 aliphatic heterocycles. The van der Waals surface area contributed by atoms with E-state index < -0.39 is 17.7 Å². The first-order valence-electron chi connectivity index (χ1n) is 6.71. The molecule has 0 bridgehead atoms. The maximum atomic E-state index is 12.2. The molecule has 7 heteroatoms. The SMILES string of the molecule is COC(=O)CN(Cc1cc(Cl)ccc1N)C(=O)OC(C)(C)C. The number of hydrogen-bond donors (Lipinski definition) is 1. The van der Waals surface area contributed by atoms with Gasteiger partial charge in [0.15, 0.2) is 0 Å². The summed E-state index contributed by atoms with van der Waals surface area (Å²) < 4.78 is 9.90. The second kappa shape index (κ2) is 7.35. The number of ether oxygens (including phenoxy) is 2. The topological polar surface area (TPSA) is 81.9 Å². The molecular weight excluding hydrogens is 308 g/mol. The third-order valence-corrected chi connectivity index (χ3v) is 2.90. The molecule has 2 N–H and O–H groups in total. The molecule has 122 valence electrons. The van der Waals surface area contributed by atoms with Gasteiger partial charge in [-0.05, 0) is 44.5 Å². The minimum Gasteiger partial charge on any atom is -0.468 e. The second-order valence-electron chi connectivity index (χ2n) is 5.76. The van der Waals surface area contributed by atoms with Crippen LogP contribution < -0.4 is 5.73 Å². The fourth-order valence-corrected chi connectivity index (χ4v) is 1.84. The molecule has 22 heavy (non-hydrogen) atoms. The van der Waals surface area contributed by atoms with Crippen LogP contribution in [0.3, 0.4) is 0 Å². The number of amides is 1. The van der Waals surface area contributed by atoms with Crippen LogP contribution in [0.2, 0.25) is 5.02 Å². The molecule has 0 unspecified atom stereocenters. The van der Waals surface area contributed by atoms with Crippen molar-refractivity contribution in [2.24, 2.45) is 0 Å². The maximum Gasteiger partial charge on any atom is 0.411 e. The Morgan fingerprint density at radius 3 is 2.50 bits per heavy atom. The minimum atomic E-state index is -0.675. The van der Waals surface area contributed by atoms with Crippen LogP contribution in [0.1, 0.15) is 26.3 Å². The van der Waals surface area contributed by atoms with Gasteiger partial charge in [-0.25, -0.2) is 4.79 Å². The van der Waals surface area contributed by atoms with Gasteiger partial charge < -0.3 is 15.2 Å². The molecule has 0 aliphatic rings. The summed E-state index contributed by atoms with van der Waals surface area (Å²) in [5, 5.41) is 0.492. The van der Waals surface area contributed by atoms with E-state index in [2.05, 4.69) is 4.74 Å². The highest BCUT2D eigenvalue weighted by atomic mass is 35.5. The smallest absolute Gasteiger partial charge is 0.411 e. The van der Waals surface area contributed by atoms with E-state index in [1.807, 2.05) is 0 Å². The predicted molar refractivity (Wildman–Crippen MR) is 84.5 cm³/mol. The van der Waals surface area contributed by atoms with Gasteiger partial charge in [0, 0.05) is 10.7 Å². The van der Waals surface area contributed by atoms with Crippen molar-refractivity contribution in [1.82, 2.24) is 4.90 Å². The van der Waals surface area contributed by atoms with Crippen LogP contribution >= 0.6 is 11.6 Å². The molecule has 1 amide bonds. The molecule has 6 nitrogen and oxygen atoms in total. The Labute approximate surface area is 135 Å². The fourth-order valence-electron chi connectivity index (χ4n) is 1.65. The average Bonchev–Trinajstić information content (AvgIpc) is 2.39. The van der Waals surface area contributed by atoms with Gasteiger partial charge in [-0.15, -0.1) is 0 Å². The lowest BCUT2D eigenvalue weighted by Crippen LogP contribution is -2.39. The van der Waals surface area contributed by atoms with E-state index in [9.17, 15) is 9.59 Å². The Hall–Kier alpha value is -1.95. The van der Waals surface area contributed by atoms with Crippen molar-refractivity contribution >= 4 is 29.4 Å². The van der Waals surface area contributed by atoms with Crippen molar-refractivity contribution in [2.45, 2.75) is 32.9 Å². The van der Waals surface area contributed by atoms with Crippen molar-refractivity contribution in [3.05, 3.63) is 28.8 Å². The number of nitrogens with zero attached hydrogens (tertiary/aromatic N) is 1. The lowest BCUT2D eigenvalue weighted by molar-refractivity contribution is -0.142. The molecular formula is C15H21ClN2O4. The van der Waals surface area contributed by atoms with Gasteiger partial charge in [0.25, 0.3) is 0 Å². The third-order valence-electron chi connectivity index (χ3n) is 2.67. The Bertz CT molecular complexity index is 555. The van der Waals surface area contributed by atoms with Gasteiger partial charge in [-0.1, -0.05) is 11.6 Å². The Morgan fingerprint density at radius 1 is 1.32 bits per heavy atom. The zero-order valence-electron chi connectivity index (χ0n) is 13.2. The van der Waals surface area contributed by atoms with Crippen LogP contribution in [0, 0.1) is 0 Å². The Morgan fingerprint density at radius 2 is 1.95 bits per heavy atom. The average molecular weight is 329 g/mol. The van der Waals surface area contributed by atoms with Gasteiger partial charge in [-0.3, -0.25) is 9.69 Å². The van der Waals surface area contributed by atoms with E-state index >= 15 is 0 Å². The molecule has 0 aromatic heterocycles. The maximum absolute atomic E-state index is 12.2. The van der Waals surface area contributed by atoms with Crippen LogP contribution in [0.5, 0.6) is 0 Å². The van der Waals surface area contributed by atoms with Gasteiger partial charge in [0.05, 0.1) is 13.7 Å². The van der Waals surface area contributed by atoms with Crippen molar-refractivity contribution < 1.29 is 19.1 Å². The zero-order valence-corrected chi connectivity index (χ0v) is 13.9. The molecule has 0 saturated heterocycles. The third kappa shape index (κ3) is 5.81. The van der Waals surface area contributed by atoms with Crippen LogP contribution in [-0.2, 0) is 20.8 Å². The van der Waals surface area contributed by atoms with Gasteiger partial charge in [-0.2, -0.15) is 0 Å². The second-order valence-corrected chi connectivity index (χ2v) is 6.19. The first kappa shape index (κ1) is 18.1. The molecule has 0 atom stereocenters. The molecule has 0 spiro atoms.